The van der Waals surface area contributed by atoms with Gasteiger partial charge in [-0.1, -0.05) is 36.7 Å². The van der Waals surface area contributed by atoms with E-state index in [-0.39, 0.29) is 11.5 Å². The van der Waals surface area contributed by atoms with Crippen LogP contribution >= 0.6 is 11.6 Å². The number of ether oxygens (including phenoxy) is 1. The molecule has 1 heterocycles. The maximum Gasteiger partial charge on any atom is 0.340 e. The van der Waals surface area contributed by atoms with Gasteiger partial charge in [0.05, 0.1) is 11.3 Å². The molecule has 1 aliphatic rings. The Kier molecular flexibility index (Phi) is 6.54. The quantitative estimate of drug-likeness (QED) is 0.721. The Balaban J connectivity index is 1.70. The maximum absolute atomic E-state index is 12.6. The minimum atomic E-state index is -0.674. The second kappa shape index (κ2) is 9.09. The molecular weight excluding hydrogens is 392 g/mol. The highest BCUT2D eigenvalue weighted by Gasteiger charge is 2.27. The molecule has 29 heavy (non-hydrogen) atoms. The number of nitrogens with zero attached hydrogens (tertiary/aromatic N) is 1. The number of para-hydroxylation sites is 1. The van der Waals surface area contributed by atoms with Crippen molar-refractivity contribution in [2.45, 2.75) is 33.1 Å². The highest BCUT2D eigenvalue weighted by molar-refractivity contribution is 6.31. The Morgan fingerprint density at radius 1 is 1.24 bits per heavy atom. The molecule has 2 aromatic carbocycles. The lowest BCUT2D eigenvalue weighted by Gasteiger charge is -2.19. The van der Waals surface area contributed by atoms with E-state index in [4.69, 9.17) is 16.3 Å². The minimum Gasteiger partial charge on any atom is -0.452 e. The molecule has 0 spiro atoms. The van der Waals surface area contributed by atoms with E-state index in [9.17, 15) is 14.4 Å². The molecule has 0 bridgehead atoms. The molecule has 1 fully saturated rings. The van der Waals surface area contributed by atoms with Gasteiger partial charge in [0.1, 0.15) is 0 Å². The lowest BCUT2D eigenvalue weighted by molar-refractivity contribution is -0.119. The van der Waals surface area contributed by atoms with E-state index in [1.165, 1.54) is 11.0 Å². The summed E-state index contributed by atoms with van der Waals surface area (Å²) >= 11 is 6.05. The summed E-state index contributed by atoms with van der Waals surface area (Å²) in [5.41, 5.74) is 3.32. The highest BCUT2D eigenvalue weighted by atomic mass is 35.5. The van der Waals surface area contributed by atoms with Crippen molar-refractivity contribution in [1.29, 1.82) is 0 Å². The van der Waals surface area contributed by atoms with Gasteiger partial charge in [0.2, 0.25) is 5.91 Å². The van der Waals surface area contributed by atoms with Crippen molar-refractivity contribution in [2.75, 3.05) is 23.4 Å². The van der Waals surface area contributed by atoms with Gasteiger partial charge in [0, 0.05) is 23.7 Å². The zero-order valence-corrected chi connectivity index (χ0v) is 17.2. The molecule has 3 rings (SSSR count). The summed E-state index contributed by atoms with van der Waals surface area (Å²) in [5, 5.41) is 3.24. The minimum absolute atomic E-state index is 0.0642. The molecular formula is C22H23ClN2O4. The van der Waals surface area contributed by atoms with Gasteiger partial charge in [-0.3, -0.25) is 9.59 Å². The molecule has 1 aliphatic heterocycles. The van der Waals surface area contributed by atoms with E-state index < -0.39 is 18.5 Å². The fourth-order valence-corrected chi connectivity index (χ4v) is 3.56. The van der Waals surface area contributed by atoms with Gasteiger partial charge >= 0.3 is 5.97 Å². The zero-order chi connectivity index (χ0) is 21.0. The number of rotatable bonds is 6. The molecule has 152 valence electrons. The van der Waals surface area contributed by atoms with Crippen LogP contribution < -0.4 is 10.2 Å². The smallest absolute Gasteiger partial charge is 0.340 e. The standard InChI is InChI=1S/C22H23ClN2O4/c1-3-15-7-4-6-14(2)21(15)24-19(26)13-29-22(28)17-10-9-16(23)12-18(17)25-11-5-8-20(25)27/h4,6-7,9-10,12H,3,5,8,11,13H2,1-2H3,(H,24,26). The largest absolute Gasteiger partial charge is 0.452 e. The molecule has 1 saturated heterocycles. The SMILES string of the molecule is CCc1cccc(C)c1NC(=O)COC(=O)c1ccc(Cl)cc1N1CCCC1=O. The van der Waals surface area contributed by atoms with Crippen LogP contribution in [0.2, 0.25) is 5.02 Å². The van der Waals surface area contributed by atoms with Crippen LogP contribution in [0.5, 0.6) is 0 Å². The molecule has 6 nitrogen and oxygen atoms in total. The van der Waals surface area contributed by atoms with Crippen LogP contribution in [0.1, 0.15) is 41.3 Å². The number of esters is 1. The summed E-state index contributed by atoms with van der Waals surface area (Å²) in [6.07, 6.45) is 1.92. The second-order valence-electron chi connectivity index (χ2n) is 6.90. The van der Waals surface area contributed by atoms with Gasteiger partial charge in [0.25, 0.3) is 5.91 Å². The second-order valence-corrected chi connectivity index (χ2v) is 7.33. The molecule has 0 saturated carbocycles. The maximum atomic E-state index is 12.6. The summed E-state index contributed by atoms with van der Waals surface area (Å²) in [4.78, 5) is 38.6. The third kappa shape index (κ3) is 4.77. The number of aryl methyl sites for hydroxylation is 2. The number of nitrogens with one attached hydrogen (secondary N) is 1. The third-order valence-corrected chi connectivity index (χ3v) is 5.12. The topological polar surface area (TPSA) is 75.7 Å². The van der Waals surface area contributed by atoms with Crippen molar-refractivity contribution in [3.63, 3.8) is 0 Å². The first-order valence-corrected chi connectivity index (χ1v) is 9.94. The van der Waals surface area contributed by atoms with Crippen LogP contribution in [0.25, 0.3) is 0 Å². The Labute approximate surface area is 174 Å². The lowest BCUT2D eigenvalue weighted by atomic mass is 10.1. The first-order chi connectivity index (χ1) is 13.9. The highest BCUT2D eigenvalue weighted by Crippen LogP contribution is 2.29. The van der Waals surface area contributed by atoms with Crippen LogP contribution in [-0.4, -0.2) is 30.9 Å². The molecule has 0 aromatic heterocycles. The third-order valence-electron chi connectivity index (χ3n) is 4.88. The summed E-state index contributed by atoms with van der Waals surface area (Å²) in [5.74, 6) is -1.16. The Morgan fingerprint density at radius 3 is 2.72 bits per heavy atom. The number of carbonyl (C=O) groups excluding carboxylic acids is 3. The van der Waals surface area contributed by atoms with E-state index in [1.54, 1.807) is 12.1 Å². The van der Waals surface area contributed by atoms with E-state index >= 15 is 0 Å². The Morgan fingerprint density at radius 2 is 2.03 bits per heavy atom. The van der Waals surface area contributed by atoms with Gasteiger partial charge in [-0.05, 0) is 49.1 Å². The lowest BCUT2D eigenvalue weighted by Crippen LogP contribution is -2.27. The van der Waals surface area contributed by atoms with Crippen LogP contribution in [-0.2, 0) is 20.7 Å². The summed E-state index contributed by atoms with van der Waals surface area (Å²) < 4.78 is 5.22. The van der Waals surface area contributed by atoms with Crippen molar-refractivity contribution in [3.8, 4) is 0 Å². The number of amides is 2. The van der Waals surface area contributed by atoms with Gasteiger partial charge in [-0.15, -0.1) is 0 Å². The molecule has 2 amide bonds. The van der Waals surface area contributed by atoms with Crippen molar-refractivity contribution in [3.05, 3.63) is 58.1 Å². The van der Waals surface area contributed by atoms with Crippen LogP contribution in [0.4, 0.5) is 11.4 Å². The molecule has 2 aromatic rings. The van der Waals surface area contributed by atoms with E-state index in [2.05, 4.69) is 5.32 Å². The number of anilines is 2. The fraction of sp³-hybridized carbons (Fsp3) is 0.318. The number of benzene rings is 2. The number of hydrogen-bond donors (Lipinski definition) is 1. The van der Waals surface area contributed by atoms with E-state index in [0.717, 1.165) is 29.7 Å². The van der Waals surface area contributed by atoms with Crippen molar-refractivity contribution < 1.29 is 19.1 Å². The van der Waals surface area contributed by atoms with Gasteiger partial charge in [-0.2, -0.15) is 0 Å². The molecule has 1 N–H and O–H groups in total. The van der Waals surface area contributed by atoms with Gasteiger partial charge in [-0.25, -0.2) is 4.79 Å². The van der Waals surface area contributed by atoms with Crippen molar-refractivity contribution in [1.82, 2.24) is 0 Å². The zero-order valence-electron chi connectivity index (χ0n) is 16.5. The number of halogens is 1. The summed E-state index contributed by atoms with van der Waals surface area (Å²) in [6.45, 7) is 4.01. The normalized spacial score (nSPS) is 13.5. The molecule has 0 aliphatic carbocycles. The van der Waals surface area contributed by atoms with Crippen molar-refractivity contribution >= 4 is 40.8 Å². The van der Waals surface area contributed by atoms with E-state index in [1.807, 2.05) is 32.0 Å². The van der Waals surface area contributed by atoms with Gasteiger partial charge < -0.3 is 15.0 Å². The summed E-state index contributed by atoms with van der Waals surface area (Å²) in [6, 6.07) is 10.4. The molecule has 0 atom stereocenters. The number of hydrogen-bond acceptors (Lipinski definition) is 4. The monoisotopic (exact) mass is 414 g/mol. The molecule has 7 heteroatoms. The first-order valence-electron chi connectivity index (χ1n) is 9.56. The average molecular weight is 415 g/mol. The molecule has 0 radical (unpaired) electrons. The Bertz CT molecular complexity index is 958. The van der Waals surface area contributed by atoms with E-state index in [0.29, 0.717) is 23.7 Å². The number of carbonyl (C=O) groups is 3. The first kappa shape index (κ1) is 20.9. The fourth-order valence-electron chi connectivity index (χ4n) is 3.39. The van der Waals surface area contributed by atoms with Crippen LogP contribution in [0.15, 0.2) is 36.4 Å². The average Bonchev–Trinajstić information content (AvgIpc) is 3.13. The van der Waals surface area contributed by atoms with Crippen LogP contribution in [0.3, 0.4) is 0 Å². The predicted molar refractivity (Wildman–Crippen MR) is 113 cm³/mol. The summed E-state index contributed by atoms with van der Waals surface area (Å²) in [7, 11) is 0. The van der Waals surface area contributed by atoms with Crippen molar-refractivity contribution in [2.24, 2.45) is 0 Å². The van der Waals surface area contributed by atoms with Crippen LogP contribution in [0, 0.1) is 6.92 Å². The van der Waals surface area contributed by atoms with Gasteiger partial charge in [0.15, 0.2) is 6.61 Å². The Hall–Kier alpha value is -2.86. The molecule has 0 unspecified atom stereocenters. The predicted octanol–water partition coefficient (Wildman–Crippen LogP) is 4.13.